The number of rotatable bonds is 5. The Balaban J connectivity index is 4.05. The molecule has 0 rings (SSSR count). The van der Waals surface area contributed by atoms with Crippen molar-refractivity contribution in [2.45, 2.75) is 32.5 Å². The topological polar surface area (TPSA) is 58.6 Å². The second-order valence-corrected chi connectivity index (χ2v) is 5.04. The smallest absolute Gasteiger partial charge is 0.366 e. The largest absolute Gasteiger partial charge is 0.405 e. The van der Waals surface area contributed by atoms with E-state index in [1.165, 1.54) is 7.05 Å². The number of ether oxygens (including phenoxy) is 1. The highest BCUT2D eigenvalue weighted by atomic mass is 19.4. The first-order chi connectivity index (χ1) is 8.41. The summed E-state index contributed by atoms with van der Waals surface area (Å²) in [5.74, 6) is -1.35. The number of likely N-dealkylation sites (N-methyl/N-ethyl adjacent to an activating group) is 1. The predicted molar refractivity (Wildman–Crippen MR) is 62.4 cm³/mol. The molecule has 8 heteroatoms. The molecule has 112 valence electrons. The van der Waals surface area contributed by atoms with E-state index in [2.05, 4.69) is 0 Å². The zero-order valence-corrected chi connectivity index (χ0v) is 11.4. The number of hydrogen-bond acceptors (Lipinski definition) is 3. The molecule has 0 spiro atoms. The lowest BCUT2D eigenvalue weighted by molar-refractivity contribution is -0.145. The van der Waals surface area contributed by atoms with Gasteiger partial charge in [0.1, 0.15) is 13.2 Å². The molecule has 0 fully saturated rings. The SMILES string of the molecule is CN(CC(=O)NCC(F)(F)F)C(=O)COC(C)(C)C. The minimum Gasteiger partial charge on any atom is -0.366 e. The van der Waals surface area contributed by atoms with Crippen LogP contribution in [0.5, 0.6) is 0 Å². The van der Waals surface area contributed by atoms with Crippen LogP contribution in [0.2, 0.25) is 0 Å². The maximum atomic E-state index is 11.8. The summed E-state index contributed by atoms with van der Waals surface area (Å²) in [6.07, 6.45) is -4.46. The lowest BCUT2D eigenvalue weighted by atomic mass is 10.2. The molecule has 0 aliphatic rings. The Labute approximate surface area is 110 Å². The van der Waals surface area contributed by atoms with Crippen LogP contribution in [0, 0.1) is 0 Å². The summed E-state index contributed by atoms with van der Waals surface area (Å²) < 4.78 is 40.8. The number of hydrogen-bond donors (Lipinski definition) is 1. The Morgan fingerprint density at radius 2 is 1.74 bits per heavy atom. The molecule has 0 atom stereocenters. The molecule has 0 aliphatic heterocycles. The van der Waals surface area contributed by atoms with E-state index in [9.17, 15) is 22.8 Å². The van der Waals surface area contributed by atoms with Gasteiger partial charge in [-0.15, -0.1) is 0 Å². The van der Waals surface area contributed by atoms with Crippen LogP contribution in [-0.2, 0) is 14.3 Å². The van der Waals surface area contributed by atoms with Crippen molar-refractivity contribution in [1.82, 2.24) is 10.2 Å². The molecular formula is C11H19F3N2O3. The van der Waals surface area contributed by atoms with E-state index >= 15 is 0 Å². The molecule has 0 heterocycles. The van der Waals surface area contributed by atoms with Crippen LogP contribution in [0.25, 0.3) is 0 Å². The van der Waals surface area contributed by atoms with Gasteiger partial charge < -0.3 is 15.0 Å². The molecule has 0 aromatic rings. The highest BCUT2D eigenvalue weighted by Crippen LogP contribution is 2.12. The Morgan fingerprint density at radius 1 is 1.21 bits per heavy atom. The van der Waals surface area contributed by atoms with E-state index in [4.69, 9.17) is 4.74 Å². The van der Waals surface area contributed by atoms with Gasteiger partial charge in [-0.3, -0.25) is 9.59 Å². The third-order valence-electron chi connectivity index (χ3n) is 1.92. The fourth-order valence-electron chi connectivity index (χ4n) is 0.947. The van der Waals surface area contributed by atoms with E-state index < -0.39 is 36.7 Å². The minimum atomic E-state index is -4.46. The molecule has 5 nitrogen and oxygen atoms in total. The van der Waals surface area contributed by atoms with Crippen molar-refractivity contribution in [3.05, 3.63) is 0 Å². The first-order valence-electron chi connectivity index (χ1n) is 5.62. The summed E-state index contributed by atoms with van der Waals surface area (Å²) in [5, 5.41) is 1.68. The van der Waals surface area contributed by atoms with Gasteiger partial charge in [-0.2, -0.15) is 13.2 Å². The summed E-state index contributed by atoms with van der Waals surface area (Å²) >= 11 is 0. The van der Waals surface area contributed by atoms with Crippen LogP contribution < -0.4 is 5.32 Å². The van der Waals surface area contributed by atoms with Gasteiger partial charge >= 0.3 is 6.18 Å². The van der Waals surface area contributed by atoms with Crippen molar-refractivity contribution >= 4 is 11.8 Å². The van der Waals surface area contributed by atoms with E-state index in [1.54, 1.807) is 26.1 Å². The van der Waals surface area contributed by atoms with Gasteiger partial charge in [0.05, 0.1) is 12.1 Å². The molecule has 0 saturated heterocycles. The van der Waals surface area contributed by atoms with Crippen molar-refractivity contribution in [2.24, 2.45) is 0 Å². The van der Waals surface area contributed by atoms with Crippen LogP contribution in [0.1, 0.15) is 20.8 Å². The standard InChI is InChI=1S/C11H19F3N2O3/c1-10(2,3)19-6-9(18)16(4)5-8(17)15-7-11(12,13)14/h5-7H2,1-4H3,(H,15,17). The number of carbonyl (C=O) groups is 2. The third kappa shape index (κ3) is 10.3. The van der Waals surface area contributed by atoms with Gasteiger partial charge in [0.15, 0.2) is 0 Å². The Kier molecular flexibility index (Phi) is 6.28. The van der Waals surface area contributed by atoms with Crippen LogP contribution in [0.3, 0.4) is 0 Å². The van der Waals surface area contributed by atoms with Crippen LogP contribution in [0.15, 0.2) is 0 Å². The number of amides is 2. The normalized spacial score (nSPS) is 12.2. The quantitative estimate of drug-likeness (QED) is 0.817. The molecule has 2 amide bonds. The van der Waals surface area contributed by atoms with Crippen molar-refractivity contribution in [1.29, 1.82) is 0 Å². The highest BCUT2D eigenvalue weighted by Gasteiger charge is 2.28. The fourth-order valence-corrected chi connectivity index (χ4v) is 0.947. The summed E-state index contributed by atoms with van der Waals surface area (Å²) in [7, 11) is 1.32. The van der Waals surface area contributed by atoms with Gasteiger partial charge in [-0.05, 0) is 20.8 Å². The van der Waals surface area contributed by atoms with Crippen molar-refractivity contribution in [3.8, 4) is 0 Å². The molecule has 0 unspecified atom stereocenters. The Hall–Kier alpha value is -1.31. The number of nitrogens with zero attached hydrogens (tertiary/aromatic N) is 1. The van der Waals surface area contributed by atoms with Gasteiger partial charge in [0.25, 0.3) is 0 Å². The molecule has 1 N–H and O–H groups in total. The summed E-state index contributed by atoms with van der Waals surface area (Å²) in [6.45, 7) is 3.20. The van der Waals surface area contributed by atoms with E-state index in [0.29, 0.717) is 0 Å². The first-order valence-corrected chi connectivity index (χ1v) is 5.62. The summed E-state index contributed by atoms with van der Waals surface area (Å²) in [4.78, 5) is 23.7. The molecule has 0 aliphatic carbocycles. The summed E-state index contributed by atoms with van der Waals surface area (Å²) in [5.41, 5.74) is -0.505. The lowest BCUT2D eigenvalue weighted by Crippen LogP contribution is -2.43. The minimum absolute atomic E-state index is 0.230. The van der Waals surface area contributed by atoms with Crippen LogP contribution in [0.4, 0.5) is 13.2 Å². The number of alkyl halides is 3. The van der Waals surface area contributed by atoms with Crippen molar-refractivity contribution < 1.29 is 27.5 Å². The first kappa shape index (κ1) is 17.7. The Bertz CT molecular complexity index is 324. The zero-order valence-electron chi connectivity index (χ0n) is 11.4. The van der Waals surface area contributed by atoms with Gasteiger partial charge in [0, 0.05) is 7.05 Å². The van der Waals surface area contributed by atoms with E-state index in [-0.39, 0.29) is 6.61 Å². The van der Waals surface area contributed by atoms with Gasteiger partial charge in [-0.1, -0.05) is 0 Å². The average Bonchev–Trinajstić information content (AvgIpc) is 2.21. The fraction of sp³-hybridized carbons (Fsp3) is 0.818. The number of nitrogens with one attached hydrogen (secondary N) is 1. The van der Waals surface area contributed by atoms with E-state index in [0.717, 1.165) is 4.90 Å². The monoisotopic (exact) mass is 284 g/mol. The summed E-state index contributed by atoms with van der Waals surface area (Å²) in [6, 6.07) is 0. The molecule has 0 aromatic heterocycles. The average molecular weight is 284 g/mol. The maximum Gasteiger partial charge on any atom is 0.405 e. The molecule has 0 bridgehead atoms. The molecule has 19 heavy (non-hydrogen) atoms. The molecule has 0 aromatic carbocycles. The second-order valence-electron chi connectivity index (χ2n) is 5.04. The van der Waals surface area contributed by atoms with Gasteiger partial charge in [0.2, 0.25) is 11.8 Å². The van der Waals surface area contributed by atoms with Crippen LogP contribution in [-0.4, -0.2) is 55.2 Å². The number of halogens is 3. The van der Waals surface area contributed by atoms with Crippen molar-refractivity contribution in [3.63, 3.8) is 0 Å². The lowest BCUT2D eigenvalue weighted by Gasteiger charge is -2.22. The predicted octanol–water partition coefficient (Wildman–Crippen LogP) is 0.938. The molecular weight excluding hydrogens is 265 g/mol. The van der Waals surface area contributed by atoms with Crippen molar-refractivity contribution in [2.75, 3.05) is 26.7 Å². The second kappa shape index (κ2) is 6.74. The molecule has 0 radical (unpaired) electrons. The zero-order chi connectivity index (χ0) is 15.3. The Morgan fingerprint density at radius 3 is 2.16 bits per heavy atom. The molecule has 0 saturated carbocycles. The third-order valence-corrected chi connectivity index (χ3v) is 1.92. The number of carbonyl (C=O) groups excluding carboxylic acids is 2. The van der Waals surface area contributed by atoms with Gasteiger partial charge in [-0.25, -0.2) is 0 Å². The maximum absolute atomic E-state index is 11.8. The highest BCUT2D eigenvalue weighted by molar-refractivity contribution is 5.85. The van der Waals surface area contributed by atoms with Crippen LogP contribution >= 0.6 is 0 Å². The van der Waals surface area contributed by atoms with E-state index in [1.807, 2.05) is 0 Å².